The second-order valence-electron chi connectivity index (χ2n) is 12.1. The van der Waals surface area contributed by atoms with Gasteiger partial charge in [-0.15, -0.1) is 0 Å². The zero-order valence-corrected chi connectivity index (χ0v) is 22.4. The lowest BCUT2D eigenvalue weighted by molar-refractivity contribution is -0.199. The Morgan fingerprint density at radius 3 is 2.53 bits per heavy atom. The molecule has 0 unspecified atom stereocenters. The van der Waals surface area contributed by atoms with Crippen molar-refractivity contribution >= 4 is 23.5 Å². The Kier molecular flexibility index (Phi) is 6.49. The number of hydrogen-bond donors (Lipinski definition) is 1. The second kappa shape index (κ2) is 9.30. The van der Waals surface area contributed by atoms with Crippen molar-refractivity contribution < 1.29 is 33.8 Å². The Hall–Kier alpha value is -3.06. The lowest BCUT2D eigenvalue weighted by atomic mass is 9.44. The molecule has 0 aromatic heterocycles. The first-order valence-electron chi connectivity index (χ1n) is 13.5. The van der Waals surface area contributed by atoms with E-state index in [0.29, 0.717) is 18.4 Å². The van der Waals surface area contributed by atoms with Gasteiger partial charge in [-0.1, -0.05) is 50.6 Å². The maximum Gasteiger partial charge on any atom is 0.338 e. The van der Waals surface area contributed by atoms with Crippen LogP contribution in [0.25, 0.3) is 0 Å². The summed E-state index contributed by atoms with van der Waals surface area (Å²) in [7, 11) is 0. The quantitative estimate of drug-likeness (QED) is 0.579. The molecular formula is C31H36O7. The number of esters is 2. The van der Waals surface area contributed by atoms with E-state index in [1.807, 2.05) is 13.0 Å². The van der Waals surface area contributed by atoms with Gasteiger partial charge in [-0.3, -0.25) is 14.4 Å². The molecule has 1 aromatic carbocycles. The predicted molar refractivity (Wildman–Crippen MR) is 139 cm³/mol. The van der Waals surface area contributed by atoms with Gasteiger partial charge in [-0.05, 0) is 67.7 Å². The molecule has 0 saturated heterocycles. The smallest absolute Gasteiger partial charge is 0.338 e. The highest BCUT2D eigenvalue weighted by Gasteiger charge is 2.70. The average Bonchev–Trinajstić information content (AvgIpc) is 3.15. The third kappa shape index (κ3) is 3.89. The molecule has 3 fully saturated rings. The lowest BCUT2D eigenvalue weighted by Crippen LogP contribution is -2.63. The minimum absolute atomic E-state index is 0.0101. The van der Waals surface area contributed by atoms with Gasteiger partial charge >= 0.3 is 11.9 Å². The highest BCUT2D eigenvalue weighted by Crippen LogP contribution is 2.68. The van der Waals surface area contributed by atoms with E-state index in [0.717, 1.165) is 12.0 Å². The van der Waals surface area contributed by atoms with Crippen molar-refractivity contribution in [3.63, 3.8) is 0 Å². The van der Waals surface area contributed by atoms with Gasteiger partial charge in [0, 0.05) is 23.7 Å². The third-order valence-corrected chi connectivity index (χ3v) is 10.0. The average molecular weight is 521 g/mol. The molecule has 4 aliphatic rings. The number of allylic oxidation sites excluding steroid dienone is 4. The summed E-state index contributed by atoms with van der Waals surface area (Å²) < 4.78 is 11.3. The highest BCUT2D eigenvalue weighted by molar-refractivity contribution is 6.01. The van der Waals surface area contributed by atoms with Gasteiger partial charge in [0.1, 0.15) is 0 Å². The van der Waals surface area contributed by atoms with Crippen LogP contribution in [0, 0.1) is 34.5 Å². The predicted octanol–water partition coefficient (Wildman–Crippen LogP) is 4.24. The van der Waals surface area contributed by atoms with E-state index in [2.05, 4.69) is 13.8 Å². The monoisotopic (exact) mass is 520 g/mol. The summed E-state index contributed by atoms with van der Waals surface area (Å²) in [6, 6.07) is 8.43. The summed E-state index contributed by atoms with van der Waals surface area (Å²) in [6.45, 7) is 6.94. The van der Waals surface area contributed by atoms with Crippen LogP contribution in [-0.2, 0) is 23.9 Å². The molecule has 1 aromatic rings. The molecule has 0 spiro atoms. The minimum atomic E-state index is -1.49. The maximum atomic E-state index is 13.9. The Labute approximate surface area is 223 Å². The Morgan fingerprint density at radius 2 is 1.84 bits per heavy atom. The fourth-order valence-corrected chi connectivity index (χ4v) is 8.57. The molecule has 0 aliphatic heterocycles. The normalized spacial score (nSPS) is 39.3. The Bertz CT molecular complexity index is 1230. The van der Waals surface area contributed by atoms with Crippen molar-refractivity contribution in [1.29, 1.82) is 0 Å². The van der Waals surface area contributed by atoms with Crippen LogP contribution in [0.1, 0.15) is 63.7 Å². The standard InChI is InChI=1S/C31H36O7/c1-18-14-22-23-11-13-31(38-19(2)32,26(35)17-37-28(36)20-8-6-5-7-9-20)30(23,4)16-25(34)27(22)29(3)12-10-21(33)15-24(18)29/h5-10,12,15,18,22-23,25,27,34H,11,13-14,16-17H2,1-4H3/t18-,22-,23-,25-,27+,29-,30-,31-/m0/s1. The summed E-state index contributed by atoms with van der Waals surface area (Å²) in [6.07, 6.45) is 6.51. The number of ketones is 2. The van der Waals surface area contributed by atoms with Crippen LogP contribution in [-0.4, -0.2) is 46.9 Å². The summed E-state index contributed by atoms with van der Waals surface area (Å²) in [5, 5.41) is 11.7. The molecule has 0 amide bonds. The van der Waals surface area contributed by atoms with Crippen molar-refractivity contribution in [1.82, 2.24) is 0 Å². The number of benzene rings is 1. The number of hydrogen-bond acceptors (Lipinski definition) is 7. The number of aliphatic hydroxyl groups is 1. The molecule has 7 heteroatoms. The number of aliphatic hydroxyl groups excluding tert-OH is 1. The van der Waals surface area contributed by atoms with Crippen LogP contribution in [0.5, 0.6) is 0 Å². The molecule has 1 N–H and O–H groups in total. The van der Waals surface area contributed by atoms with Gasteiger partial charge in [0.2, 0.25) is 5.78 Å². The molecule has 202 valence electrons. The summed E-state index contributed by atoms with van der Waals surface area (Å²) in [5.74, 6) is -1.58. The van der Waals surface area contributed by atoms with Crippen LogP contribution in [0.4, 0.5) is 0 Å². The number of Topliss-reactive ketones (excluding diaryl/α,β-unsaturated/α-hetero) is 1. The number of carbonyl (C=O) groups excluding carboxylic acids is 4. The zero-order chi connectivity index (χ0) is 27.5. The van der Waals surface area contributed by atoms with E-state index in [1.165, 1.54) is 6.92 Å². The van der Waals surface area contributed by atoms with Crippen LogP contribution >= 0.6 is 0 Å². The van der Waals surface area contributed by atoms with Crippen molar-refractivity contribution in [3.8, 4) is 0 Å². The molecule has 0 heterocycles. The first-order chi connectivity index (χ1) is 17.9. The topological polar surface area (TPSA) is 107 Å². The van der Waals surface area contributed by atoms with Crippen molar-refractivity contribution in [2.45, 2.75) is 65.1 Å². The molecule has 3 saturated carbocycles. The Balaban J connectivity index is 1.47. The third-order valence-electron chi connectivity index (χ3n) is 10.0. The van der Waals surface area contributed by atoms with E-state index in [4.69, 9.17) is 9.47 Å². The molecule has 38 heavy (non-hydrogen) atoms. The largest absolute Gasteiger partial charge is 0.454 e. The van der Waals surface area contributed by atoms with Crippen molar-refractivity contribution in [2.24, 2.45) is 34.5 Å². The van der Waals surface area contributed by atoms with E-state index < -0.39 is 46.9 Å². The number of rotatable bonds is 5. The van der Waals surface area contributed by atoms with Gasteiger partial charge in [0.15, 0.2) is 18.0 Å². The molecule has 5 rings (SSSR count). The summed E-state index contributed by atoms with van der Waals surface area (Å²) >= 11 is 0. The van der Waals surface area contributed by atoms with E-state index in [1.54, 1.807) is 42.5 Å². The van der Waals surface area contributed by atoms with Crippen LogP contribution in [0.15, 0.2) is 54.1 Å². The highest BCUT2D eigenvalue weighted by atomic mass is 16.6. The maximum absolute atomic E-state index is 13.9. The Morgan fingerprint density at radius 1 is 1.13 bits per heavy atom. The number of ether oxygens (including phenoxy) is 2. The van der Waals surface area contributed by atoms with Crippen molar-refractivity contribution in [3.05, 3.63) is 59.7 Å². The van der Waals surface area contributed by atoms with E-state index in [9.17, 15) is 24.3 Å². The second-order valence-corrected chi connectivity index (χ2v) is 12.1. The van der Waals surface area contributed by atoms with Crippen LogP contribution in [0.2, 0.25) is 0 Å². The summed E-state index contributed by atoms with van der Waals surface area (Å²) in [5.41, 5.74) is -1.40. The van der Waals surface area contributed by atoms with Gasteiger partial charge < -0.3 is 14.6 Å². The van der Waals surface area contributed by atoms with E-state index >= 15 is 0 Å². The van der Waals surface area contributed by atoms with E-state index in [-0.39, 0.29) is 35.9 Å². The minimum Gasteiger partial charge on any atom is -0.454 e. The van der Waals surface area contributed by atoms with Crippen LogP contribution < -0.4 is 0 Å². The van der Waals surface area contributed by atoms with Crippen molar-refractivity contribution in [2.75, 3.05) is 6.61 Å². The molecule has 4 aliphatic carbocycles. The van der Waals surface area contributed by atoms with Gasteiger partial charge in [0.25, 0.3) is 0 Å². The van der Waals surface area contributed by atoms with Crippen LogP contribution in [0.3, 0.4) is 0 Å². The van der Waals surface area contributed by atoms with Gasteiger partial charge in [0.05, 0.1) is 11.7 Å². The number of carbonyl (C=O) groups is 4. The van der Waals surface area contributed by atoms with Gasteiger partial charge in [-0.25, -0.2) is 4.79 Å². The number of fused-ring (bicyclic) bond motifs is 5. The first-order valence-corrected chi connectivity index (χ1v) is 13.5. The molecule has 0 radical (unpaired) electrons. The fraction of sp³-hybridized carbons (Fsp3) is 0.548. The first kappa shape index (κ1) is 26.5. The zero-order valence-electron chi connectivity index (χ0n) is 22.4. The SMILES string of the molecule is CC(=O)O[C@]1(C(=O)COC(=O)c2ccccc2)CC[C@H]2[C@@H]3C[C@H](C)C4=CC(=O)C=C[C@]4(C)[C@H]3[C@@H](O)C[C@@]21C. The molecule has 7 nitrogen and oxygen atoms in total. The summed E-state index contributed by atoms with van der Waals surface area (Å²) in [4.78, 5) is 51.0. The molecular weight excluding hydrogens is 484 g/mol. The molecule has 8 atom stereocenters. The fourth-order valence-electron chi connectivity index (χ4n) is 8.57. The molecule has 0 bridgehead atoms. The van der Waals surface area contributed by atoms with Gasteiger partial charge in [-0.2, -0.15) is 0 Å². The lowest BCUT2D eigenvalue weighted by Gasteiger charge is -2.61.